The third kappa shape index (κ3) is 4.92. The maximum atomic E-state index is 11.9. The lowest BCUT2D eigenvalue weighted by atomic mass is 10.0. The highest BCUT2D eigenvalue weighted by Gasteiger charge is 2.20. The average Bonchev–Trinajstić information content (AvgIpc) is 2.69. The number of hydrogen-bond acceptors (Lipinski definition) is 4. The maximum Gasteiger partial charge on any atom is 0.239 e. The van der Waals surface area contributed by atoms with Crippen LogP contribution in [0.5, 0.6) is 0 Å². The summed E-state index contributed by atoms with van der Waals surface area (Å²) in [7, 11) is 1.80. The van der Waals surface area contributed by atoms with Crippen LogP contribution in [-0.2, 0) is 11.2 Å². The summed E-state index contributed by atoms with van der Waals surface area (Å²) in [6.07, 6.45) is 2.66. The summed E-state index contributed by atoms with van der Waals surface area (Å²) >= 11 is 1.68. The number of halogens is 1. The van der Waals surface area contributed by atoms with Crippen LogP contribution in [0.3, 0.4) is 0 Å². The average molecular weight is 292 g/mol. The van der Waals surface area contributed by atoms with Gasteiger partial charge < -0.3 is 10.6 Å². The van der Waals surface area contributed by atoms with Crippen LogP contribution in [0.4, 0.5) is 0 Å². The maximum absolute atomic E-state index is 11.9. The zero-order valence-corrected chi connectivity index (χ0v) is 13.0. The molecule has 1 aromatic heterocycles. The van der Waals surface area contributed by atoms with Gasteiger partial charge in [0.25, 0.3) is 0 Å². The standard InChI is InChI=1S/C12H21N3OS.ClH/c1-8(2)11(13)12(16)15(4)6-5-10-14-7-9(3)17-10;/h7-8,11H,5-6,13H2,1-4H3;1H/t11-;/m0./s1. The second-order valence-electron chi connectivity index (χ2n) is 4.64. The van der Waals surface area contributed by atoms with Crippen molar-refractivity contribution in [1.29, 1.82) is 0 Å². The van der Waals surface area contributed by atoms with E-state index in [0.717, 1.165) is 11.4 Å². The molecule has 0 unspecified atom stereocenters. The van der Waals surface area contributed by atoms with Crippen molar-refractivity contribution < 1.29 is 4.79 Å². The van der Waals surface area contributed by atoms with Crippen molar-refractivity contribution in [1.82, 2.24) is 9.88 Å². The van der Waals surface area contributed by atoms with Crippen LogP contribution in [0.2, 0.25) is 0 Å². The van der Waals surface area contributed by atoms with Gasteiger partial charge in [0.1, 0.15) is 0 Å². The molecular weight excluding hydrogens is 270 g/mol. The number of nitrogens with zero attached hydrogens (tertiary/aromatic N) is 2. The molecule has 2 N–H and O–H groups in total. The molecule has 0 aliphatic heterocycles. The molecule has 0 saturated carbocycles. The minimum absolute atomic E-state index is 0. The van der Waals surface area contributed by atoms with E-state index in [1.165, 1.54) is 4.88 Å². The van der Waals surface area contributed by atoms with Crippen LogP contribution in [0.1, 0.15) is 23.7 Å². The SMILES string of the molecule is Cc1cnc(CCN(C)C(=O)[C@@H](N)C(C)C)s1.Cl. The molecule has 4 nitrogen and oxygen atoms in total. The van der Waals surface area contributed by atoms with Gasteiger partial charge in [0.05, 0.1) is 11.0 Å². The van der Waals surface area contributed by atoms with E-state index >= 15 is 0 Å². The van der Waals surface area contributed by atoms with Crippen molar-refractivity contribution in [2.75, 3.05) is 13.6 Å². The predicted octanol–water partition coefficient (Wildman–Crippen LogP) is 1.86. The third-order valence-electron chi connectivity index (χ3n) is 2.71. The molecule has 1 aromatic rings. The number of hydrogen-bond donors (Lipinski definition) is 1. The molecule has 0 fully saturated rings. The Bertz CT molecular complexity index is 381. The summed E-state index contributed by atoms with van der Waals surface area (Å²) < 4.78 is 0. The lowest BCUT2D eigenvalue weighted by Gasteiger charge is -2.23. The molecule has 0 aliphatic carbocycles. The number of rotatable bonds is 5. The second kappa shape index (κ2) is 7.71. The molecular formula is C12H22ClN3OS. The Labute approximate surface area is 119 Å². The van der Waals surface area contributed by atoms with Gasteiger partial charge in [0, 0.05) is 31.1 Å². The number of carbonyl (C=O) groups is 1. The molecule has 1 rings (SSSR count). The molecule has 1 atom stereocenters. The van der Waals surface area contributed by atoms with Gasteiger partial charge in [-0.3, -0.25) is 4.79 Å². The molecule has 0 radical (unpaired) electrons. The molecule has 0 aromatic carbocycles. The molecule has 18 heavy (non-hydrogen) atoms. The van der Waals surface area contributed by atoms with Gasteiger partial charge in [-0.2, -0.15) is 0 Å². The summed E-state index contributed by atoms with van der Waals surface area (Å²) in [5.41, 5.74) is 5.83. The van der Waals surface area contributed by atoms with E-state index in [9.17, 15) is 4.79 Å². The summed E-state index contributed by atoms with van der Waals surface area (Å²) in [6, 6.07) is -0.405. The highest BCUT2D eigenvalue weighted by molar-refractivity contribution is 7.11. The lowest BCUT2D eigenvalue weighted by molar-refractivity contribution is -0.132. The predicted molar refractivity (Wildman–Crippen MR) is 78.3 cm³/mol. The Balaban J connectivity index is 0.00000289. The van der Waals surface area contributed by atoms with Crippen LogP contribution >= 0.6 is 23.7 Å². The van der Waals surface area contributed by atoms with Gasteiger partial charge in [-0.15, -0.1) is 23.7 Å². The van der Waals surface area contributed by atoms with Crippen LogP contribution in [-0.4, -0.2) is 35.4 Å². The first-order chi connectivity index (χ1) is 7.91. The van der Waals surface area contributed by atoms with Gasteiger partial charge in [0.2, 0.25) is 5.91 Å². The molecule has 0 spiro atoms. The Kier molecular flexibility index (Phi) is 7.43. The number of likely N-dealkylation sites (N-methyl/N-ethyl adjacent to an activating group) is 1. The summed E-state index contributed by atoms with van der Waals surface area (Å²) in [5.74, 6) is 0.181. The minimum Gasteiger partial charge on any atom is -0.344 e. The number of thiazole rings is 1. The van der Waals surface area contributed by atoms with E-state index in [0.29, 0.717) is 6.54 Å². The third-order valence-corrected chi connectivity index (χ3v) is 3.68. The lowest BCUT2D eigenvalue weighted by Crippen LogP contribution is -2.45. The summed E-state index contributed by atoms with van der Waals surface area (Å²) in [6.45, 7) is 6.62. The number of amides is 1. The van der Waals surface area contributed by atoms with Crippen LogP contribution in [0.25, 0.3) is 0 Å². The van der Waals surface area contributed by atoms with E-state index in [1.807, 2.05) is 27.0 Å². The smallest absolute Gasteiger partial charge is 0.239 e. The van der Waals surface area contributed by atoms with E-state index < -0.39 is 6.04 Å². The zero-order chi connectivity index (χ0) is 13.0. The monoisotopic (exact) mass is 291 g/mol. The quantitative estimate of drug-likeness (QED) is 0.901. The Morgan fingerprint density at radius 3 is 2.61 bits per heavy atom. The van der Waals surface area contributed by atoms with E-state index in [4.69, 9.17) is 5.73 Å². The van der Waals surface area contributed by atoms with Gasteiger partial charge in [-0.05, 0) is 12.8 Å². The first-order valence-electron chi connectivity index (χ1n) is 5.83. The fraction of sp³-hybridized carbons (Fsp3) is 0.667. The van der Waals surface area contributed by atoms with Gasteiger partial charge in [0.15, 0.2) is 0 Å². The van der Waals surface area contributed by atoms with Crippen molar-refractivity contribution in [2.45, 2.75) is 33.2 Å². The van der Waals surface area contributed by atoms with Crippen molar-refractivity contribution in [3.63, 3.8) is 0 Å². The molecule has 0 aliphatic rings. The van der Waals surface area contributed by atoms with Gasteiger partial charge in [-0.1, -0.05) is 13.8 Å². The molecule has 104 valence electrons. The van der Waals surface area contributed by atoms with Crippen LogP contribution < -0.4 is 5.73 Å². The van der Waals surface area contributed by atoms with E-state index in [2.05, 4.69) is 4.98 Å². The van der Waals surface area contributed by atoms with Crippen molar-refractivity contribution in [3.8, 4) is 0 Å². The number of nitrogens with two attached hydrogens (primary N) is 1. The Hall–Kier alpha value is -0.650. The van der Waals surface area contributed by atoms with Crippen LogP contribution in [0.15, 0.2) is 6.20 Å². The van der Waals surface area contributed by atoms with E-state index in [-0.39, 0.29) is 24.2 Å². The highest BCUT2D eigenvalue weighted by atomic mass is 35.5. The minimum atomic E-state index is -0.405. The molecule has 1 amide bonds. The molecule has 6 heteroatoms. The number of aryl methyl sites for hydroxylation is 1. The number of aromatic nitrogens is 1. The number of carbonyl (C=O) groups excluding carboxylic acids is 1. The van der Waals surface area contributed by atoms with Crippen LogP contribution in [0, 0.1) is 12.8 Å². The molecule has 0 bridgehead atoms. The summed E-state index contributed by atoms with van der Waals surface area (Å²) in [4.78, 5) is 19.1. The van der Waals surface area contributed by atoms with Crippen molar-refractivity contribution >= 4 is 29.7 Å². The second-order valence-corrected chi connectivity index (χ2v) is 5.96. The largest absolute Gasteiger partial charge is 0.344 e. The topological polar surface area (TPSA) is 59.2 Å². The van der Waals surface area contributed by atoms with Crippen molar-refractivity contribution in [3.05, 3.63) is 16.1 Å². The van der Waals surface area contributed by atoms with Crippen molar-refractivity contribution in [2.24, 2.45) is 11.7 Å². The molecule has 1 heterocycles. The first-order valence-corrected chi connectivity index (χ1v) is 6.65. The highest BCUT2D eigenvalue weighted by Crippen LogP contribution is 2.12. The Morgan fingerprint density at radius 1 is 1.56 bits per heavy atom. The fourth-order valence-corrected chi connectivity index (χ4v) is 2.21. The zero-order valence-electron chi connectivity index (χ0n) is 11.3. The summed E-state index contributed by atoms with van der Waals surface area (Å²) in [5, 5.41) is 1.07. The van der Waals surface area contributed by atoms with Gasteiger partial charge >= 0.3 is 0 Å². The molecule has 0 saturated heterocycles. The van der Waals surface area contributed by atoms with Gasteiger partial charge in [-0.25, -0.2) is 4.98 Å². The van der Waals surface area contributed by atoms with E-state index in [1.54, 1.807) is 23.3 Å². The Morgan fingerprint density at radius 2 is 2.17 bits per heavy atom. The first kappa shape index (κ1) is 17.4. The normalized spacial score (nSPS) is 12.1. The fourth-order valence-electron chi connectivity index (χ4n) is 1.43.